The van der Waals surface area contributed by atoms with Crippen LogP contribution < -0.4 is 15.4 Å². The van der Waals surface area contributed by atoms with Gasteiger partial charge in [0.05, 0.1) is 16.1 Å². The summed E-state index contributed by atoms with van der Waals surface area (Å²) in [5.41, 5.74) is 0.876. The minimum atomic E-state index is 0.551. The van der Waals surface area contributed by atoms with E-state index in [0.29, 0.717) is 11.8 Å². The number of hydrogen-bond acceptors (Lipinski definition) is 5. The molecule has 1 aromatic heterocycles. The van der Waals surface area contributed by atoms with Crippen LogP contribution in [0.1, 0.15) is 0 Å². The fraction of sp³-hybridized carbons (Fsp3) is 0.167. The molecule has 0 amide bonds. The van der Waals surface area contributed by atoms with Crippen LogP contribution in [0.3, 0.4) is 0 Å². The third-order valence-electron chi connectivity index (χ3n) is 2.38. The van der Waals surface area contributed by atoms with Crippen LogP contribution in [-0.4, -0.2) is 24.1 Å². The Morgan fingerprint density at radius 3 is 2.68 bits per heavy atom. The van der Waals surface area contributed by atoms with Crippen LogP contribution in [0, 0.1) is 0 Å². The van der Waals surface area contributed by atoms with Crippen molar-refractivity contribution in [2.24, 2.45) is 0 Å². The first-order valence-corrected chi connectivity index (χ1v) is 7.03. The number of nitrogens with zero attached hydrogens (tertiary/aromatic N) is 2. The number of methoxy groups -OCH3 is 1. The fourth-order valence-corrected chi connectivity index (χ4v) is 2.15. The third-order valence-corrected chi connectivity index (χ3v) is 3.62. The Morgan fingerprint density at radius 2 is 2.00 bits per heavy atom. The van der Waals surface area contributed by atoms with E-state index in [9.17, 15) is 0 Å². The van der Waals surface area contributed by atoms with Gasteiger partial charge in [-0.05, 0) is 44.0 Å². The Morgan fingerprint density at radius 1 is 1.21 bits per heavy atom. The molecule has 0 aliphatic rings. The lowest BCUT2D eigenvalue weighted by Gasteiger charge is -2.10. The van der Waals surface area contributed by atoms with Crippen molar-refractivity contribution >= 4 is 49.3 Å². The smallest absolute Gasteiger partial charge is 0.224 e. The number of hydrogen-bond donors (Lipinski definition) is 2. The molecule has 2 aromatic rings. The maximum absolute atomic E-state index is 5.25. The van der Waals surface area contributed by atoms with Crippen LogP contribution in [0.25, 0.3) is 0 Å². The van der Waals surface area contributed by atoms with Gasteiger partial charge in [-0.25, -0.2) is 4.98 Å². The highest BCUT2D eigenvalue weighted by atomic mass is 79.9. The van der Waals surface area contributed by atoms with Gasteiger partial charge in [-0.2, -0.15) is 4.98 Å². The first kappa shape index (κ1) is 14.1. The summed E-state index contributed by atoms with van der Waals surface area (Å²) in [4.78, 5) is 8.44. The van der Waals surface area contributed by atoms with Crippen LogP contribution in [0.2, 0.25) is 0 Å². The Hall–Kier alpha value is -1.34. The SMILES string of the molecule is CNc1ncc(Br)c(Nc2ccc(Br)c(OC)c2)n1. The van der Waals surface area contributed by atoms with Crippen molar-refractivity contribution in [3.8, 4) is 5.75 Å². The summed E-state index contributed by atoms with van der Waals surface area (Å²) >= 11 is 6.83. The Labute approximate surface area is 128 Å². The number of anilines is 3. The van der Waals surface area contributed by atoms with Gasteiger partial charge in [0.1, 0.15) is 11.6 Å². The topological polar surface area (TPSA) is 59.1 Å². The molecule has 19 heavy (non-hydrogen) atoms. The molecule has 0 bridgehead atoms. The Balaban J connectivity index is 2.30. The van der Waals surface area contributed by atoms with Gasteiger partial charge in [0.25, 0.3) is 0 Å². The quantitative estimate of drug-likeness (QED) is 0.835. The normalized spacial score (nSPS) is 10.1. The average molecular weight is 388 g/mol. The zero-order chi connectivity index (χ0) is 13.8. The molecule has 0 unspecified atom stereocenters. The highest BCUT2D eigenvalue weighted by Gasteiger charge is 2.07. The maximum atomic E-state index is 5.25. The number of aromatic nitrogens is 2. The summed E-state index contributed by atoms with van der Waals surface area (Å²) in [5.74, 6) is 1.99. The minimum absolute atomic E-state index is 0.551. The molecule has 100 valence electrons. The van der Waals surface area contributed by atoms with Crippen LogP contribution in [-0.2, 0) is 0 Å². The van der Waals surface area contributed by atoms with Crippen LogP contribution in [0.5, 0.6) is 5.75 Å². The monoisotopic (exact) mass is 386 g/mol. The maximum Gasteiger partial charge on any atom is 0.224 e. The molecule has 0 atom stereocenters. The second-order valence-electron chi connectivity index (χ2n) is 3.61. The highest BCUT2D eigenvalue weighted by molar-refractivity contribution is 9.11. The number of benzene rings is 1. The largest absolute Gasteiger partial charge is 0.495 e. The van der Waals surface area contributed by atoms with E-state index < -0.39 is 0 Å². The van der Waals surface area contributed by atoms with Crippen LogP contribution in [0.4, 0.5) is 17.5 Å². The molecule has 2 N–H and O–H groups in total. The lowest BCUT2D eigenvalue weighted by atomic mass is 10.3. The van der Waals surface area contributed by atoms with Crippen molar-refractivity contribution in [2.75, 3.05) is 24.8 Å². The number of nitrogens with one attached hydrogen (secondary N) is 2. The summed E-state index contributed by atoms with van der Waals surface area (Å²) in [5, 5.41) is 6.11. The summed E-state index contributed by atoms with van der Waals surface area (Å²) in [6.07, 6.45) is 1.69. The van der Waals surface area contributed by atoms with Crippen molar-refractivity contribution < 1.29 is 4.74 Å². The second kappa shape index (κ2) is 6.21. The third kappa shape index (κ3) is 3.36. The van der Waals surface area contributed by atoms with Crippen molar-refractivity contribution in [2.45, 2.75) is 0 Å². The van der Waals surface area contributed by atoms with Crippen LogP contribution in [0.15, 0.2) is 33.3 Å². The lowest BCUT2D eigenvalue weighted by molar-refractivity contribution is 0.412. The summed E-state index contributed by atoms with van der Waals surface area (Å²) in [6.45, 7) is 0. The van der Waals surface area contributed by atoms with Gasteiger partial charge in [0.15, 0.2) is 0 Å². The number of halogens is 2. The van der Waals surface area contributed by atoms with E-state index >= 15 is 0 Å². The summed E-state index contributed by atoms with van der Waals surface area (Å²) in [7, 11) is 3.40. The molecular formula is C12H12Br2N4O. The molecule has 0 fully saturated rings. The van der Waals surface area contributed by atoms with E-state index in [1.54, 1.807) is 20.4 Å². The van der Waals surface area contributed by atoms with Crippen molar-refractivity contribution in [3.05, 3.63) is 33.3 Å². The van der Waals surface area contributed by atoms with E-state index in [1.165, 1.54) is 0 Å². The lowest BCUT2D eigenvalue weighted by Crippen LogP contribution is -2.01. The van der Waals surface area contributed by atoms with E-state index in [2.05, 4.69) is 52.5 Å². The molecule has 0 spiro atoms. The van der Waals surface area contributed by atoms with Gasteiger partial charge in [0, 0.05) is 25.0 Å². The predicted molar refractivity (Wildman–Crippen MR) is 83.3 cm³/mol. The second-order valence-corrected chi connectivity index (χ2v) is 5.32. The first-order valence-electron chi connectivity index (χ1n) is 5.45. The van der Waals surface area contributed by atoms with E-state index in [1.807, 2.05) is 18.2 Å². The zero-order valence-electron chi connectivity index (χ0n) is 10.4. The molecule has 0 saturated carbocycles. The Kier molecular flexibility index (Phi) is 4.60. The van der Waals surface area contributed by atoms with E-state index in [0.717, 1.165) is 20.4 Å². The van der Waals surface area contributed by atoms with Gasteiger partial charge < -0.3 is 15.4 Å². The number of ether oxygens (including phenoxy) is 1. The summed E-state index contributed by atoms with van der Waals surface area (Å²) in [6, 6.07) is 5.73. The standard InChI is InChI=1S/C12H12Br2N4O/c1-15-12-16-6-9(14)11(18-12)17-7-3-4-8(13)10(5-7)19-2/h3-6H,1-2H3,(H2,15,16,17,18). The number of rotatable bonds is 4. The molecule has 1 aromatic carbocycles. The minimum Gasteiger partial charge on any atom is -0.495 e. The van der Waals surface area contributed by atoms with Gasteiger partial charge in [-0.1, -0.05) is 0 Å². The van der Waals surface area contributed by atoms with Gasteiger partial charge in [-0.3, -0.25) is 0 Å². The average Bonchev–Trinajstić information content (AvgIpc) is 2.43. The molecule has 0 aliphatic heterocycles. The molecule has 0 radical (unpaired) electrons. The fourth-order valence-electron chi connectivity index (χ4n) is 1.45. The molecule has 2 rings (SSSR count). The van der Waals surface area contributed by atoms with Crippen LogP contribution >= 0.6 is 31.9 Å². The molecule has 1 heterocycles. The van der Waals surface area contributed by atoms with E-state index in [-0.39, 0.29) is 0 Å². The van der Waals surface area contributed by atoms with Gasteiger partial charge >= 0.3 is 0 Å². The predicted octanol–water partition coefficient (Wildman–Crippen LogP) is 3.80. The zero-order valence-corrected chi connectivity index (χ0v) is 13.5. The van der Waals surface area contributed by atoms with Gasteiger partial charge in [-0.15, -0.1) is 0 Å². The molecule has 0 saturated heterocycles. The van der Waals surface area contributed by atoms with Gasteiger partial charge in [0.2, 0.25) is 5.95 Å². The molecule has 0 aliphatic carbocycles. The highest BCUT2D eigenvalue weighted by Crippen LogP contribution is 2.30. The van der Waals surface area contributed by atoms with Crippen molar-refractivity contribution in [3.63, 3.8) is 0 Å². The first-order chi connectivity index (χ1) is 9.13. The summed E-state index contributed by atoms with van der Waals surface area (Å²) < 4.78 is 6.94. The molecule has 7 heteroatoms. The molecule has 5 nitrogen and oxygen atoms in total. The van der Waals surface area contributed by atoms with E-state index in [4.69, 9.17) is 4.74 Å². The van der Waals surface area contributed by atoms with Crippen molar-refractivity contribution in [1.29, 1.82) is 0 Å². The molecular weight excluding hydrogens is 376 g/mol. The Bertz CT molecular complexity index is 592. The van der Waals surface area contributed by atoms with Crippen molar-refractivity contribution in [1.82, 2.24) is 9.97 Å².